The lowest BCUT2D eigenvalue weighted by Crippen LogP contribution is -2.13. The molecule has 0 saturated heterocycles. The molecule has 3 aromatic rings. The Hall–Kier alpha value is -3.98. The minimum atomic E-state index is -0.791. The monoisotopic (exact) mass is 443 g/mol. The highest BCUT2D eigenvalue weighted by Crippen LogP contribution is 2.32. The number of nitro benzene ring substituents is 1. The molecule has 3 rings (SSSR count). The fraction of sp³-hybridized carbons (Fsp3) is 0.0476. The average molecular weight is 444 g/mol. The average Bonchev–Trinajstić information content (AvgIpc) is 2.75. The highest BCUT2D eigenvalue weighted by Gasteiger charge is 2.13. The Labute approximate surface area is 181 Å². The lowest BCUT2D eigenvalue weighted by molar-refractivity contribution is -0.384. The van der Waals surface area contributed by atoms with Gasteiger partial charge in [-0.15, -0.1) is 0 Å². The van der Waals surface area contributed by atoms with Gasteiger partial charge in [-0.05, 0) is 42.5 Å². The summed E-state index contributed by atoms with van der Waals surface area (Å²) in [6.07, 6.45) is 0. The van der Waals surface area contributed by atoms with Gasteiger partial charge >= 0.3 is 6.03 Å². The SMILES string of the molecule is COC(=NC(=O)Nc1ccc(Oc2ccc([N+](=O)[O-])cc2)c(Cl)c1)c1ccccc1F. The lowest BCUT2D eigenvalue weighted by Gasteiger charge is -2.10. The second-order valence-electron chi connectivity index (χ2n) is 6.03. The maximum Gasteiger partial charge on any atom is 0.348 e. The molecule has 158 valence electrons. The number of nitrogens with zero attached hydrogens (tertiary/aromatic N) is 2. The van der Waals surface area contributed by atoms with E-state index in [2.05, 4.69) is 10.3 Å². The Morgan fingerprint density at radius 1 is 1.13 bits per heavy atom. The van der Waals surface area contributed by atoms with Crippen LogP contribution in [0.3, 0.4) is 0 Å². The molecular weight excluding hydrogens is 429 g/mol. The molecule has 8 nitrogen and oxygen atoms in total. The van der Waals surface area contributed by atoms with Crippen molar-refractivity contribution < 1.29 is 23.6 Å². The number of nitrogens with one attached hydrogen (secondary N) is 1. The van der Waals surface area contributed by atoms with Gasteiger partial charge in [0.15, 0.2) is 0 Å². The zero-order chi connectivity index (χ0) is 22.4. The van der Waals surface area contributed by atoms with Crippen LogP contribution < -0.4 is 10.1 Å². The Bertz CT molecular complexity index is 1150. The first-order valence-electron chi connectivity index (χ1n) is 8.78. The number of rotatable bonds is 5. The van der Waals surface area contributed by atoms with E-state index in [9.17, 15) is 19.3 Å². The number of hydrogen-bond acceptors (Lipinski definition) is 5. The van der Waals surface area contributed by atoms with E-state index in [4.69, 9.17) is 21.1 Å². The summed E-state index contributed by atoms with van der Waals surface area (Å²) in [5.41, 5.74) is 0.298. The summed E-state index contributed by atoms with van der Waals surface area (Å²) < 4.78 is 24.5. The van der Waals surface area contributed by atoms with E-state index in [0.717, 1.165) is 0 Å². The van der Waals surface area contributed by atoms with Crippen LogP contribution in [0, 0.1) is 15.9 Å². The van der Waals surface area contributed by atoms with Crippen molar-refractivity contribution in [2.45, 2.75) is 0 Å². The molecule has 0 aliphatic carbocycles. The second-order valence-corrected chi connectivity index (χ2v) is 6.44. The predicted molar refractivity (Wildman–Crippen MR) is 114 cm³/mol. The molecule has 0 aliphatic heterocycles. The highest BCUT2D eigenvalue weighted by molar-refractivity contribution is 6.32. The molecule has 0 heterocycles. The maximum absolute atomic E-state index is 13.9. The van der Waals surface area contributed by atoms with Crippen molar-refractivity contribution in [1.29, 1.82) is 0 Å². The summed E-state index contributed by atoms with van der Waals surface area (Å²) in [7, 11) is 1.28. The van der Waals surface area contributed by atoms with E-state index >= 15 is 0 Å². The number of carbonyl (C=O) groups excluding carboxylic acids is 1. The molecule has 0 saturated carbocycles. The van der Waals surface area contributed by atoms with Crippen LogP contribution in [-0.2, 0) is 4.74 Å². The van der Waals surface area contributed by atoms with Gasteiger partial charge in [-0.2, -0.15) is 4.99 Å². The normalized spacial score (nSPS) is 11.0. The number of hydrogen-bond donors (Lipinski definition) is 1. The third-order valence-electron chi connectivity index (χ3n) is 3.96. The van der Waals surface area contributed by atoms with Gasteiger partial charge in [0, 0.05) is 17.8 Å². The van der Waals surface area contributed by atoms with Gasteiger partial charge in [-0.1, -0.05) is 23.7 Å². The predicted octanol–water partition coefficient (Wildman–Crippen LogP) is 5.80. The van der Waals surface area contributed by atoms with Crippen LogP contribution >= 0.6 is 11.6 Å². The summed E-state index contributed by atoms with van der Waals surface area (Å²) in [6, 6.07) is 14.9. The van der Waals surface area contributed by atoms with Crippen molar-refractivity contribution in [2.75, 3.05) is 12.4 Å². The topological polar surface area (TPSA) is 103 Å². The standard InChI is InChI=1S/C21H15ClFN3O5/c1-30-20(16-4-2-3-5-18(16)23)25-21(27)24-13-6-11-19(17(22)12-13)31-15-9-7-14(8-10-15)26(28)29/h2-12H,1H3,(H,24,27). The molecule has 0 fully saturated rings. The quantitative estimate of drug-likeness (QED) is 0.232. The van der Waals surface area contributed by atoms with Gasteiger partial charge in [0.25, 0.3) is 5.69 Å². The first-order chi connectivity index (χ1) is 14.9. The number of benzene rings is 3. The molecule has 0 atom stereocenters. The summed E-state index contributed by atoms with van der Waals surface area (Å²) in [5.74, 6) is -0.129. The van der Waals surface area contributed by atoms with Crippen molar-refractivity contribution in [2.24, 2.45) is 4.99 Å². The van der Waals surface area contributed by atoms with Crippen LogP contribution in [0.4, 0.5) is 20.6 Å². The maximum atomic E-state index is 13.9. The fourth-order valence-electron chi connectivity index (χ4n) is 2.52. The summed E-state index contributed by atoms with van der Waals surface area (Å²) >= 11 is 6.20. The van der Waals surface area contributed by atoms with Crippen molar-refractivity contribution in [3.05, 3.63) is 93.2 Å². The highest BCUT2D eigenvalue weighted by atomic mass is 35.5. The summed E-state index contributed by atoms with van der Waals surface area (Å²) in [6.45, 7) is 0. The van der Waals surface area contributed by atoms with Crippen LogP contribution in [0.25, 0.3) is 0 Å². The molecule has 31 heavy (non-hydrogen) atoms. The Morgan fingerprint density at radius 2 is 1.84 bits per heavy atom. The minimum Gasteiger partial charge on any atom is -0.480 e. The zero-order valence-corrected chi connectivity index (χ0v) is 16.8. The number of carbonyl (C=O) groups is 1. The third-order valence-corrected chi connectivity index (χ3v) is 4.25. The summed E-state index contributed by atoms with van der Waals surface area (Å²) in [4.78, 5) is 26.1. The molecule has 0 radical (unpaired) electrons. The van der Waals surface area contributed by atoms with E-state index in [1.807, 2.05) is 0 Å². The Balaban J connectivity index is 1.71. The van der Waals surface area contributed by atoms with Crippen molar-refractivity contribution in [3.8, 4) is 11.5 Å². The molecule has 3 aromatic carbocycles. The molecular formula is C21H15ClFN3O5. The fourth-order valence-corrected chi connectivity index (χ4v) is 2.74. The molecule has 2 amide bonds. The smallest absolute Gasteiger partial charge is 0.348 e. The van der Waals surface area contributed by atoms with E-state index < -0.39 is 16.8 Å². The summed E-state index contributed by atoms with van der Waals surface area (Å²) in [5, 5.41) is 13.4. The molecule has 0 aliphatic rings. The number of urea groups is 1. The van der Waals surface area contributed by atoms with Crippen molar-refractivity contribution in [1.82, 2.24) is 0 Å². The van der Waals surface area contributed by atoms with Gasteiger partial charge in [-0.3, -0.25) is 10.1 Å². The Morgan fingerprint density at radius 3 is 2.45 bits per heavy atom. The molecule has 0 spiro atoms. The van der Waals surface area contributed by atoms with Crippen LogP contribution in [0.5, 0.6) is 11.5 Å². The van der Waals surface area contributed by atoms with Crippen molar-refractivity contribution in [3.63, 3.8) is 0 Å². The molecule has 0 bridgehead atoms. The number of nitro groups is 1. The molecule has 0 unspecified atom stereocenters. The van der Waals surface area contributed by atoms with Gasteiger partial charge in [0.1, 0.15) is 17.3 Å². The van der Waals surface area contributed by atoms with Gasteiger partial charge in [-0.25, -0.2) is 9.18 Å². The number of methoxy groups -OCH3 is 1. The second kappa shape index (κ2) is 9.68. The van der Waals surface area contributed by atoms with Gasteiger partial charge < -0.3 is 14.8 Å². The largest absolute Gasteiger partial charge is 0.480 e. The number of non-ortho nitro benzene ring substituents is 1. The van der Waals surface area contributed by atoms with E-state index in [1.165, 1.54) is 67.8 Å². The molecule has 0 aromatic heterocycles. The number of ether oxygens (including phenoxy) is 2. The van der Waals surface area contributed by atoms with Gasteiger partial charge in [0.2, 0.25) is 5.90 Å². The van der Waals surface area contributed by atoms with E-state index in [0.29, 0.717) is 11.4 Å². The lowest BCUT2D eigenvalue weighted by atomic mass is 10.2. The number of amides is 2. The molecule has 10 heteroatoms. The van der Waals surface area contributed by atoms with Crippen LogP contribution in [0.1, 0.15) is 5.56 Å². The third kappa shape index (κ3) is 5.55. The van der Waals surface area contributed by atoms with E-state index in [-0.39, 0.29) is 27.9 Å². The van der Waals surface area contributed by atoms with E-state index in [1.54, 1.807) is 6.07 Å². The molecule has 1 N–H and O–H groups in total. The first-order valence-corrected chi connectivity index (χ1v) is 9.15. The van der Waals surface area contributed by atoms with Gasteiger partial charge in [0.05, 0.1) is 22.6 Å². The van der Waals surface area contributed by atoms with Crippen LogP contribution in [0.2, 0.25) is 5.02 Å². The minimum absolute atomic E-state index is 0.0463. The van der Waals surface area contributed by atoms with Crippen molar-refractivity contribution >= 4 is 34.9 Å². The number of aliphatic imine (C=N–C) groups is 1. The zero-order valence-electron chi connectivity index (χ0n) is 16.0. The number of halogens is 2. The number of anilines is 1. The van der Waals surface area contributed by atoms with Crippen LogP contribution in [-0.4, -0.2) is 24.0 Å². The first kappa shape index (κ1) is 21.7. The Kier molecular flexibility index (Phi) is 6.78. The van der Waals surface area contributed by atoms with Crippen LogP contribution in [0.15, 0.2) is 71.7 Å².